The van der Waals surface area contributed by atoms with Gasteiger partial charge in [-0.15, -0.1) is 0 Å². The van der Waals surface area contributed by atoms with E-state index in [0.29, 0.717) is 18.1 Å². The average Bonchev–Trinajstić information content (AvgIpc) is 2.36. The van der Waals surface area contributed by atoms with E-state index in [1.54, 1.807) is 0 Å². The Morgan fingerprint density at radius 2 is 1.94 bits per heavy atom. The summed E-state index contributed by atoms with van der Waals surface area (Å²) in [6.07, 6.45) is 6.94. The monoisotopic (exact) mass is 243 g/mol. The van der Waals surface area contributed by atoms with Gasteiger partial charge >= 0.3 is 0 Å². The number of Topliss-reactive ketones (excluding diaryl/α,β-unsaturated/α-hetero) is 1. The minimum atomic E-state index is -0.511. The molecule has 1 aromatic carbocycles. The molecule has 1 aromatic rings. The predicted molar refractivity (Wildman–Crippen MR) is 72.5 cm³/mol. The number of fused-ring (bicyclic) bond motifs is 1. The summed E-state index contributed by atoms with van der Waals surface area (Å²) in [4.78, 5) is 12.4. The first-order chi connectivity index (χ1) is 8.69. The van der Waals surface area contributed by atoms with Crippen LogP contribution in [0.2, 0.25) is 0 Å². The first-order valence-corrected chi connectivity index (χ1v) is 7.09. The third-order valence-electron chi connectivity index (χ3n) is 4.69. The molecule has 0 amide bonds. The summed E-state index contributed by atoms with van der Waals surface area (Å²) >= 11 is 0. The molecule has 0 aromatic heterocycles. The second-order valence-corrected chi connectivity index (χ2v) is 5.94. The fraction of sp³-hybridized carbons (Fsp3) is 0.562. The summed E-state index contributed by atoms with van der Waals surface area (Å²) in [5.74, 6) is 0.720. The van der Waals surface area contributed by atoms with Crippen LogP contribution in [0.5, 0.6) is 0 Å². The van der Waals surface area contributed by atoms with Crippen molar-refractivity contribution in [1.82, 2.24) is 0 Å². The zero-order valence-electron chi connectivity index (χ0n) is 10.8. The van der Waals surface area contributed by atoms with Crippen LogP contribution in [0.25, 0.3) is 0 Å². The lowest BCUT2D eigenvalue weighted by Gasteiger charge is -2.36. The number of carbonyl (C=O) groups is 1. The van der Waals surface area contributed by atoms with Crippen molar-refractivity contribution in [3.05, 3.63) is 35.4 Å². The highest BCUT2D eigenvalue weighted by molar-refractivity contribution is 5.89. The molecule has 0 aliphatic heterocycles. The Kier molecular flexibility index (Phi) is 2.98. The number of hydrogen-bond donors (Lipinski definition) is 1. The second-order valence-electron chi connectivity index (χ2n) is 5.94. The minimum Gasteiger partial charge on any atom is -0.319 e. The summed E-state index contributed by atoms with van der Waals surface area (Å²) in [6, 6.07) is 8.45. The van der Waals surface area contributed by atoms with Crippen molar-refractivity contribution >= 4 is 5.78 Å². The van der Waals surface area contributed by atoms with Gasteiger partial charge in [0.05, 0.1) is 5.54 Å². The fourth-order valence-corrected chi connectivity index (χ4v) is 3.43. The fourth-order valence-electron chi connectivity index (χ4n) is 3.43. The maximum absolute atomic E-state index is 12.4. The number of hydrogen-bond acceptors (Lipinski definition) is 2. The van der Waals surface area contributed by atoms with Crippen LogP contribution in [0.4, 0.5) is 0 Å². The summed E-state index contributed by atoms with van der Waals surface area (Å²) in [5, 5.41) is 0. The van der Waals surface area contributed by atoms with Gasteiger partial charge in [0, 0.05) is 6.42 Å². The van der Waals surface area contributed by atoms with Crippen LogP contribution < -0.4 is 5.73 Å². The van der Waals surface area contributed by atoms with Crippen LogP contribution in [0.3, 0.4) is 0 Å². The van der Waals surface area contributed by atoms with E-state index in [1.165, 1.54) is 17.5 Å². The van der Waals surface area contributed by atoms with Gasteiger partial charge in [0.15, 0.2) is 5.78 Å². The van der Waals surface area contributed by atoms with E-state index in [2.05, 4.69) is 24.3 Å². The summed E-state index contributed by atoms with van der Waals surface area (Å²) < 4.78 is 0. The Hall–Kier alpha value is -1.15. The molecule has 1 atom stereocenters. The maximum Gasteiger partial charge on any atom is 0.153 e. The van der Waals surface area contributed by atoms with Gasteiger partial charge < -0.3 is 5.73 Å². The standard InChI is InChI=1S/C16H21NO/c17-16(8-4-1-5-9-16)15(18)11-13-10-12-6-2-3-7-14(12)13/h2-3,6-7,13H,1,4-5,8-11,17H2. The molecule has 1 fully saturated rings. The average molecular weight is 243 g/mol. The van der Waals surface area contributed by atoms with Crippen LogP contribution in [0, 0.1) is 0 Å². The highest BCUT2D eigenvalue weighted by Crippen LogP contribution is 2.39. The third-order valence-corrected chi connectivity index (χ3v) is 4.69. The number of benzene rings is 1. The van der Waals surface area contributed by atoms with Gasteiger partial charge in [-0.1, -0.05) is 43.5 Å². The van der Waals surface area contributed by atoms with Crippen molar-refractivity contribution in [2.24, 2.45) is 5.73 Å². The second kappa shape index (κ2) is 4.51. The molecule has 2 nitrogen and oxygen atoms in total. The molecule has 0 saturated heterocycles. The molecule has 0 spiro atoms. The Morgan fingerprint density at radius 1 is 1.22 bits per heavy atom. The minimum absolute atomic E-state index is 0.293. The van der Waals surface area contributed by atoms with Gasteiger partial charge in [-0.05, 0) is 36.3 Å². The van der Waals surface area contributed by atoms with Crippen molar-refractivity contribution in [3.63, 3.8) is 0 Å². The van der Waals surface area contributed by atoms with Crippen molar-refractivity contribution in [2.75, 3.05) is 0 Å². The molecule has 18 heavy (non-hydrogen) atoms. The van der Waals surface area contributed by atoms with Crippen molar-refractivity contribution in [3.8, 4) is 0 Å². The van der Waals surface area contributed by atoms with Crippen molar-refractivity contribution in [1.29, 1.82) is 0 Å². The SMILES string of the molecule is NC1(C(=O)CC2Cc3ccccc32)CCCCC1. The molecule has 0 radical (unpaired) electrons. The van der Waals surface area contributed by atoms with E-state index in [9.17, 15) is 4.79 Å². The van der Waals surface area contributed by atoms with Gasteiger partial charge in [0.25, 0.3) is 0 Å². The Bertz CT molecular complexity index is 460. The van der Waals surface area contributed by atoms with E-state index in [-0.39, 0.29) is 0 Å². The summed E-state index contributed by atoms with van der Waals surface area (Å²) in [5.41, 5.74) is 8.56. The zero-order chi connectivity index (χ0) is 12.6. The van der Waals surface area contributed by atoms with Gasteiger partial charge in [-0.3, -0.25) is 4.79 Å². The van der Waals surface area contributed by atoms with Gasteiger partial charge in [0.2, 0.25) is 0 Å². The Morgan fingerprint density at radius 3 is 2.67 bits per heavy atom. The van der Waals surface area contributed by atoms with Crippen LogP contribution in [0.15, 0.2) is 24.3 Å². The van der Waals surface area contributed by atoms with Crippen molar-refractivity contribution < 1.29 is 4.79 Å². The van der Waals surface area contributed by atoms with Crippen LogP contribution in [0.1, 0.15) is 55.6 Å². The van der Waals surface area contributed by atoms with E-state index in [4.69, 9.17) is 5.73 Å². The Balaban J connectivity index is 1.66. The van der Waals surface area contributed by atoms with Crippen LogP contribution in [-0.4, -0.2) is 11.3 Å². The third kappa shape index (κ3) is 1.99. The summed E-state index contributed by atoms with van der Waals surface area (Å²) in [6.45, 7) is 0. The molecular weight excluding hydrogens is 222 g/mol. The van der Waals surface area contributed by atoms with E-state index in [0.717, 1.165) is 32.1 Å². The zero-order valence-corrected chi connectivity index (χ0v) is 10.8. The molecule has 2 N–H and O–H groups in total. The van der Waals surface area contributed by atoms with E-state index < -0.39 is 5.54 Å². The molecule has 1 saturated carbocycles. The molecule has 96 valence electrons. The van der Waals surface area contributed by atoms with Gasteiger partial charge in [-0.25, -0.2) is 0 Å². The first-order valence-electron chi connectivity index (χ1n) is 7.09. The first kappa shape index (κ1) is 11.9. The molecule has 1 unspecified atom stereocenters. The lowest BCUT2D eigenvalue weighted by molar-refractivity contribution is -0.125. The van der Waals surface area contributed by atoms with Gasteiger partial charge in [-0.2, -0.15) is 0 Å². The topological polar surface area (TPSA) is 43.1 Å². The number of rotatable bonds is 3. The number of nitrogens with two attached hydrogens (primary N) is 1. The molecule has 2 aliphatic carbocycles. The molecule has 2 heteroatoms. The molecule has 0 heterocycles. The van der Waals surface area contributed by atoms with Crippen molar-refractivity contribution in [2.45, 2.75) is 56.4 Å². The lowest BCUT2D eigenvalue weighted by Crippen LogP contribution is -2.50. The van der Waals surface area contributed by atoms with E-state index >= 15 is 0 Å². The highest BCUT2D eigenvalue weighted by atomic mass is 16.1. The maximum atomic E-state index is 12.4. The molecule has 0 bridgehead atoms. The summed E-state index contributed by atoms with van der Waals surface area (Å²) in [7, 11) is 0. The largest absolute Gasteiger partial charge is 0.319 e. The molecular formula is C16H21NO. The van der Waals surface area contributed by atoms with E-state index in [1.807, 2.05) is 0 Å². The predicted octanol–water partition coefficient (Wildman–Crippen LogP) is 2.95. The van der Waals surface area contributed by atoms with Gasteiger partial charge in [0.1, 0.15) is 0 Å². The smallest absolute Gasteiger partial charge is 0.153 e. The number of carbonyl (C=O) groups excluding carboxylic acids is 1. The lowest BCUT2D eigenvalue weighted by atomic mass is 9.70. The Labute approximate surface area is 109 Å². The highest BCUT2D eigenvalue weighted by Gasteiger charge is 2.38. The molecule has 2 aliphatic rings. The van der Waals surface area contributed by atoms with Crippen LogP contribution >= 0.6 is 0 Å². The molecule has 3 rings (SSSR count). The number of ketones is 1. The van der Waals surface area contributed by atoms with Crippen LogP contribution in [-0.2, 0) is 11.2 Å². The quantitative estimate of drug-likeness (QED) is 0.887. The normalized spacial score (nSPS) is 25.1.